The molecule has 0 atom stereocenters. The van der Waals surface area contributed by atoms with Crippen LogP contribution in [0.2, 0.25) is 0 Å². The number of ether oxygens (including phenoxy) is 1. The van der Waals surface area contributed by atoms with E-state index in [-0.39, 0.29) is 24.6 Å². The van der Waals surface area contributed by atoms with E-state index in [2.05, 4.69) is 9.97 Å². The molecule has 1 amide bonds. The van der Waals surface area contributed by atoms with Crippen LogP contribution in [0.25, 0.3) is 11.0 Å². The smallest absolute Gasteiger partial charge is 0.305 e. The van der Waals surface area contributed by atoms with E-state index in [4.69, 9.17) is 9.84 Å². The summed E-state index contributed by atoms with van der Waals surface area (Å²) in [7, 11) is 0. The predicted octanol–water partition coefficient (Wildman–Crippen LogP) is 1.80. The number of fused-ring (bicyclic) bond motifs is 1. The minimum absolute atomic E-state index is 0.0707. The van der Waals surface area contributed by atoms with Crippen molar-refractivity contribution in [2.24, 2.45) is 0 Å². The zero-order chi connectivity index (χ0) is 17.1. The molecule has 0 unspecified atom stereocenters. The highest BCUT2D eigenvalue weighted by Gasteiger charge is 2.28. The largest absolute Gasteiger partial charge is 0.481 e. The third kappa shape index (κ3) is 3.38. The van der Waals surface area contributed by atoms with Gasteiger partial charge in [-0.05, 0) is 25.0 Å². The summed E-state index contributed by atoms with van der Waals surface area (Å²) >= 11 is 0. The van der Waals surface area contributed by atoms with Crippen molar-refractivity contribution in [1.29, 1.82) is 0 Å². The minimum Gasteiger partial charge on any atom is -0.481 e. The second-order valence-corrected chi connectivity index (χ2v) is 5.74. The average molecular weight is 335 g/mol. The van der Waals surface area contributed by atoms with Crippen LogP contribution in [0, 0.1) is 5.82 Å². The number of hydrogen-bond acceptors (Lipinski definition) is 4. The number of rotatable bonds is 5. The molecule has 1 aromatic carbocycles. The Morgan fingerprint density at radius 2 is 2.12 bits per heavy atom. The van der Waals surface area contributed by atoms with Crippen molar-refractivity contribution in [1.82, 2.24) is 14.9 Å². The Hall–Kier alpha value is -2.48. The van der Waals surface area contributed by atoms with E-state index in [1.807, 2.05) is 0 Å². The van der Waals surface area contributed by atoms with Crippen molar-refractivity contribution in [2.75, 3.05) is 19.8 Å². The van der Waals surface area contributed by atoms with Crippen LogP contribution in [0.5, 0.6) is 0 Å². The zero-order valence-corrected chi connectivity index (χ0v) is 13.0. The highest BCUT2D eigenvalue weighted by molar-refractivity contribution is 6.05. The standard InChI is InChI=1S/C16H18FN3O4/c17-10-7-12(15-13(8-10)18-9-19-15)16(23)20(4-1-14(21)22)11-2-5-24-6-3-11/h7-9,11H,1-6H2,(H,18,19)(H,21,22). The molecule has 0 spiro atoms. The van der Waals surface area contributed by atoms with Gasteiger partial charge in [-0.2, -0.15) is 0 Å². The van der Waals surface area contributed by atoms with Gasteiger partial charge >= 0.3 is 5.97 Å². The van der Waals surface area contributed by atoms with Gasteiger partial charge in [0.1, 0.15) is 11.3 Å². The number of carbonyl (C=O) groups is 2. The van der Waals surface area contributed by atoms with Crippen LogP contribution in [-0.2, 0) is 9.53 Å². The van der Waals surface area contributed by atoms with Crippen molar-refractivity contribution in [3.8, 4) is 0 Å². The van der Waals surface area contributed by atoms with Crippen LogP contribution in [0.15, 0.2) is 18.5 Å². The Morgan fingerprint density at radius 1 is 1.38 bits per heavy atom. The summed E-state index contributed by atoms with van der Waals surface area (Å²) < 4.78 is 19.1. The molecular weight excluding hydrogens is 317 g/mol. The number of aliphatic carboxylic acids is 1. The number of nitrogens with one attached hydrogen (secondary N) is 1. The molecule has 128 valence electrons. The van der Waals surface area contributed by atoms with Crippen LogP contribution in [0.3, 0.4) is 0 Å². The molecule has 1 fully saturated rings. The Bertz CT molecular complexity index is 755. The first kappa shape index (κ1) is 16.4. The lowest BCUT2D eigenvalue weighted by Gasteiger charge is -2.34. The lowest BCUT2D eigenvalue weighted by atomic mass is 10.0. The Labute approximate surface area is 137 Å². The quantitative estimate of drug-likeness (QED) is 0.869. The minimum atomic E-state index is -0.982. The van der Waals surface area contributed by atoms with E-state index in [1.165, 1.54) is 17.3 Å². The molecule has 1 aromatic heterocycles. The number of carbonyl (C=O) groups excluding carboxylic acids is 1. The fourth-order valence-electron chi connectivity index (χ4n) is 3.00. The number of hydrogen-bond donors (Lipinski definition) is 2. The average Bonchev–Trinajstić information content (AvgIpc) is 3.03. The topological polar surface area (TPSA) is 95.5 Å². The summed E-state index contributed by atoms with van der Waals surface area (Å²) in [6.45, 7) is 1.10. The Balaban J connectivity index is 1.93. The number of carboxylic acid groups (broad SMARTS) is 1. The van der Waals surface area contributed by atoms with Crippen LogP contribution in [0.4, 0.5) is 4.39 Å². The van der Waals surface area contributed by atoms with Gasteiger partial charge in [-0.25, -0.2) is 9.37 Å². The molecule has 0 aliphatic carbocycles. The highest BCUT2D eigenvalue weighted by atomic mass is 19.1. The molecule has 1 aliphatic rings. The Kier molecular flexibility index (Phi) is 4.75. The second kappa shape index (κ2) is 6.96. The van der Waals surface area contributed by atoms with E-state index >= 15 is 0 Å². The van der Waals surface area contributed by atoms with Gasteiger partial charge in [0, 0.05) is 25.8 Å². The molecule has 0 saturated carbocycles. The fraction of sp³-hybridized carbons (Fsp3) is 0.438. The van der Waals surface area contributed by atoms with Crippen LogP contribution in [0.1, 0.15) is 29.6 Å². The molecule has 8 heteroatoms. The lowest BCUT2D eigenvalue weighted by molar-refractivity contribution is -0.137. The van der Waals surface area contributed by atoms with Gasteiger partial charge in [-0.15, -0.1) is 0 Å². The first-order chi connectivity index (χ1) is 11.6. The van der Waals surface area contributed by atoms with Crippen molar-refractivity contribution in [2.45, 2.75) is 25.3 Å². The number of aromatic amines is 1. The van der Waals surface area contributed by atoms with Gasteiger partial charge in [0.15, 0.2) is 0 Å². The van der Waals surface area contributed by atoms with E-state index in [0.717, 1.165) is 6.07 Å². The predicted molar refractivity (Wildman–Crippen MR) is 83.2 cm³/mol. The summed E-state index contributed by atoms with van der Waals surface area (Å²) in [4.78, 5) is 32.3. The van der Waals surface area contributed by atoms with Crippen molar-refractivity contribution < 1.29 is 23.8 Å². The van der Waals surface area contributed by atoms with E-state index in [0.29, 0.717) is 37.1 Å². The molecule has 1 aliphatic heterocycles. The molecular formula is C16H18FN3O4. The summed E-state index contributed by atoms with van der Waals surface area (Å²) in [6, 6.07) is 2.30. The molecule has 24 heavy (non-hydrogen) atoms. The van der Waals surface area contributed by atoms with Gasteiger partial charge in [0.2, 0.25) is 0 Å². The van der Waals surface area contributed by atoms with Gasteiger partial charge in [0.25, 0.3) is 5.91 Å². The molecule has 2 aromatic rings. The third-order valence-corrected chi connectivity index (χ3v) is 4.18. The molecule has 1 saturated heterocycles. The highest BCUT2D eigenvalue weighted by Crippen LogP contribution is 2.23. The first-order valence-electron chi connectivity index (χ1n) is 7.79. The molecule has 0 radical (unpaired) electrons. The molecule has 7 nitrogen and oxygen atoms in total. The van der Waals surface area contributed by atoms with Gasteiger partial charge in [-0.3, -0.25) is 9.59 Å². The van der Waals surface area contributed by atoms with Crippen LogP contribution in [-0.4, -0.2) is 57.7 Å². The van der Waals surface area contributed by atoms with Crippen molar-refractivity contribution in [3.05, 3.63) is 29.8 Å². The number of amides is 1. The molecule has 3 rings (SSSR count). The second-order valence-electron chi connectivity index (χ2n) is 5.74. The number of benzene rings is 1. The van der Waals surface area contributed by atoms with E-state index in [9.17, 15) is 14.0 Å². The fourth-order valence-corrected chi connectivity index (χ4v) is 3.00. The zero-order valence-electron chi connectivity index (χ0n) is 13.0. The molecule has 2 heterocycles. The molecule has 2 N–H and O–H groups in total. The van der Waals surface area contributed by atoms with Gasteiger partial charge < -0.3 is 19.7 Å². The summed E-state index contributed by atoms with van der Waals surface area (Å²) in [5.41, 5.74) is 0.959. The number of nitrogens with zero attached hydrogens (tertiary/aromatic N) is 2. The summed E-state index contributed by atoms with van der Waals surface area (Å²) in [6.07, 6.45) is 2.49. The maximum Gasteiger partial charge on any atom is 0.305 e. The first-order valence-corrected chi connectivity index (χ1v) is 7.79. The third-order valence-electron chi connectivity index (χ3n) is 4.18. The maximum atomic E-state index is 13.8. The summed E-state index contributed by atoms with van der Waals surface area (Å²) in [5, 5.41) is 8.96. The van der Waals surface area contributed by atoms with E-state index in [1.54, 1.807) is 0 Å². The summed E-state index contributed by atoms with van der Waals surface area (Å²) in [5.74, 6) is -1.93. The SMILES string of the molecule is O=C(O)CCN(C(=O)c1cc(F)cc2[nH]cnc12)C1CCOCC1. The number of imidazole rings is 1. The maximum absolute atomic E-state index is 13.8. The van der Waals surface area contributed by atoms with Gasteiger partial charge in [0.05, 0.1) is 23.8 Å². The normalized spacial score (nSPS) is 15.5. The van der Waals surface area contributed by atoms with Gasteiger partial charge in [-0.1, -0.05) is 0 Å². The number of H-pyrrole nitrogens is 1. The monoisotopic (exact) mass is 335 g/mol. The lowest BCUT2D eigenvalue weighted by Crippen LogP contribution is -2.44. The number of carboxylic acids is 1. The van der Waals surface area contributed by atoms with Crippen molar-refractivity contribution in [3.63, 3.8) is 0 Å². The number of halogens is 1. The van der Waals surface area contributed by atoms with Crippen LogP contribution >= 0.6 is 0 Å². The van der Waals surface area contributed by atoms with E-state index < -0.39 is 17.7 Å². The molecule has 0 bridgehead atoms. The number of aromatic nitrogens is 2. The Morgan fingerprint density at radius 3 is 2.83 bits per heavy atom. The van der Waals surface area contributed by atoms with Crippen molar-refractivity contribution >= 4 is 22.9 Å². The van der Waals surface area contributed by atoms with Crippen LogP contribution < -0.4 is 0 Å².